The SMILES string of the molecule is COc1ccc(C(=O)CSc2cc(C)c3ccccc3[nH+]2)cc1. The number of pyridine rings is 1. The number of aryl methyl sites for hydroxylation is 1. The van der Waals surface area contributed by atoms with Crippen molar-refractivity contribution in [2.24, 2.45) is 0 Å². The van der Waals surface area contributed by atoms with Gasteiger partial charge in [-0.3, -0.25) is 4.79 Å². The lowest BCUT2D eigenvalue weighted by Crippen LogP contribution is -2.11. The summed E-state index contributed by atoms with van der Waals surface area (Å²) in [6.07, 6.45) is 0. The summed E-state index contributed by atoms with van der Waals surface area (Å²) >= 11 is 1.53. The van der Waals surface area contributed by atoms with E-state index in [1.54, 1.807) is 19.2 Å². The van der Waals surface area contributed by atoms with Crippen LogP contribution in [0.25, 0.3) is 10.9 Å². The monoisotopic (exact) mass is 324 g/mol. The van der Waals surface area contributed by atoms with Crippen LogP contribution in [0.2, 0.25) is 0 Å². The standard InChI is InChI=1S/C19H17NO2S/c1-13-11-19(20-17-6-4-3-5-16(13)17)23-12-18(21)14-7-9-15(22-2)10-8-14/h3-11H,12H2,1-2H3/p+1. The first-order valence-electron chi connectivity index (χ1n) is 7.39. The molecule has 116 valence electrons. The number of hydrogen-bond acceptors (Lipinski definition) is 3. The number of Topliss-reactive ketones (excluding diaryl/α,β-unsaturated/α-hetero) is 1. The van der Waals surface area contributed by atoms with Gasteiger partial charge in [-0.2, -0.15) is 4.98 Å². The number of H-pyrrole nitrogens is 1. The molecule has 2 aromatic carbocycles. The van der Waals surface area contributed by atoms with Crippen LogP contribution in [0.1, 0.15) is 15.9 Å². The van der Waals surface area contributed by atoms with Crippen molar-refractivity contribution in [1.29, 1.82) is 0 Å². The maximum atomic E-state index is 12.3. The number of rotatable bonds is 5. The van der Waals surface area contributed by atoms with E-state index in [1.807, 2.05) is 24.3 Å². The zero-order valence-corrected chi connectivity index (χ0v) is 13.9. The van der Waals surface area contributed by atoms with E-state index in [0.717, 1.165) is 16.3 Å². The summed E-state index contributed by atoms with van der Waals surface area (Å²) in [5.41, 5.74) is 3.00. The molecule has 3 nitrogen and oxygen atoms in total. The van der Waals surface area contributed by atoms with Gasteiger partial charge in [0.2, 0.25) is 10.5 Å². The summed E-state index contributed by atoms with van der Waals surface area (Å²) in [7, 11) is 1.62. The number of benzene rings is 2. The number of para-hydroxylation sites is 1. The molecule has 0 fully saturated rings. The number of carbonyl (C=O) groups is 1. The minimum Gasteiger partial charge on any atom is -0.497 e. The molecule has 0 spiro atoms. The van der Waals surface area contributed by atoms with Crippen LogP contribution in [0, 0.1) is 6.92 Å². The van der Waals surface area contributed by atoms with Crippen LogP contribution in [-0.2, 0) is 0 Å². The molecule has 0 unspecified atom stereocenters. The van der Waals surface area contributed by atoms with Crippen molar-refractivity contribution >= 4 is 28.4 Å². The highest BCUT2D eigenvalue weighted by Gasteiger charge is 2.13. The van der Waals surface area contributed by atoms with E-state index in [2.05, 4.69) is 30.1 Å². The van der Waals surface area contributed by atoms with Gasteiger partial charge in [0.05, 0.1) is 12.9 Å². The molecule has 0 saturated carbocycles. The number of methoxy groups -OCH3 is 1. The second kappa shape index (κ2) is 6.84. The Kier molecular flexibility index (Phi) is 4.63. The Morgan fingerprint density at radius 3 is 2.61 bits per heavy atom. The summed E-state index contributed by atoms with van der Waals surface area (Å²) in [4.78, 5) is 15.7. The van der Waals surface area contributed by atoms with Gasteiger partial charge < -0.3 is 4.74 Å². The fourth-order valence-corrected chi connectivity index (χ4v) is 3.36. The van der Waals surface area contributed by atoms with Crippen LogP contribution in [0.4, 0.5) is 0 Å². The van der Waals surface area contributed by atoms with Gasteiger partial charge in [0, 0.05) is 23.1 Å². The maximum Gasteiger partial charge on any atom is 0.239 e. The Morgan fingerprint density at radius 1 is 1.13 bits per heavy atom. The van der Waals surface area contributed by atoms with E-state index in [1.165, 1.54) is 22.7 Å². The third-order valence-corrected chi connectivity index (χ3v) is 4.67. The maximum absolute atomic E-state index is 12.3. The summed E-state index contributed by atoms with van der Waals surface area (Å²) in [5.74, 6) is 1.27. The van der Waals surface area contributed by atoms with Crippen molar-refractivity contribution in [3.8, 4) is 5.75 Å². The van der Waals surface area contributed by atoms with Gasteiger partial charge in [-0.05, 0) is 54.6 Å². The molecule has 1 N–H and O–H groups in total. The fraction of sp³-hybridized carbons (Fsp3) is 0.158. The van der Waals surface area contributed by atoms with Crippen LogP contribution >= 0.6 is 11.8 Å². The van der Waals surface area contributed by atoms with Crippen LogP contribution in [0.3, 0.4) is 0 Å². The number of thioether (sulfide) groups is 1. The summed E-state index contributed by atoms with van der Waals surface area (Å²) < 4.78 is 5.11. The van der Waals surface area contributed by atoms with Gasteiger partial charge >= 0.3 is 0 Å². The fourth-order valence-electron chi connectivity index (χ4n) is 2.46. The minimum atomic E-state index is 0.108. The lowest BCUT2D eigenvalue weighted by Gasteiger charge is -2.03. The van der Waals surface area contributed by atoms with E-state index in [-0.39, 0.29) is 5.78 Å². The van der Waals surface area contributed by atoms with E-state index in [0.29, 0.717) is 11.3 Å². The van der Waals surface area contributed by atoms with E-state index < -0.39 is 0 Å². The molecule has 0 aliphatic heterocycles. The summed E-state index contributed by atoms with van der Waals surface area (Å²) in [6, 6.07) is 17.5. The topological polar surface area (TPSA) is 40.4 Å². The molecule has 0 aliphatic rings. The van der Waals surface area contributed by atoms with Gasteiger partial charge in [-0.1, -0.05) is 12.1 Å². The van der Waals surface area contributed by atoms with Gasteiger partial charge in [0.25, 0.3) is 0 Å². The number of aromatic nitrogens is 1. The number of ether oxygens (including phenoxy) is 1. The highest BCUT2D eigenvalue weighted by molar-refractivity contribution is 7.99. The Morgan fingerprint density at radius 2 is 1.87 bits per heavy atom. The number of nitrogens with one attached hydrogen (secondary N) is 1. The predicted octanol–water partition coefficient (Wildman–Crippen LogP) is 3.95. The Bertz CT molecular complexity index is 844. The third-order valence-electron chi connectivity index (χ3n) is 3.73. The lowest BCUT2D eigenvalue weighted by atomic mass is 10.1. The molecular formula is C19H18NO2S+. The largest absolute Gasteiger partial charge is 0.497 e. The molecule has 0 amide bonds. The molecule has 1 aromatic heterocycles. The number of aromatic amines is 1. The highest BCUT2D eigenvalue weighted by Crippen LogP contribution is 2.21. The molecule has 0 bridgehead atoms. The van der Waals surface area contributed by atoms with Gasteiger partial charge in [0.1, 0.15) is 5.75 Å². The first kappa shape index (κ1) is 15.6. The van der Waals surface area contributed by atoms with Gasteiger partial charge in [0.15, 0.2) is 5.78 Å². The third kappa shape index (κ3) is 3.54. The van der Waals surface area contributed by atoms with Crippen LogP contribution < -0.4 is 9.72 Å². The molecule has 3 aromatic rings. The highest BCUT2D eigenvalue weighted by atomic mass is 32.2. The molecule has 0 radical (unpaired) electrons. The van der Waals surface area contributed by atoms with Crippen molar-refractivity contribution < 1.29 is 14.5 Å². The Hall–Kier alpha value is -2.33. The molecule has 4 heteroatoms. The number of hydrogen-bond donors (Lipinski definition) is 0. The van der Waals surface area contributed by atoms with Crippen molar-refractivity contribution in [2.45, 2.75) is 11.9 Å². The van der Waals surface area contributed by atoms with Crippen molar-refractivity contribution in [1.82, 2.24) is 0 Å². The molecule has 0 aliphatic carbocycles. The molecule has 23 heavy (non-hydrogen) atoms. The zero-order valence-electron chi connectivity index (χ0n) is 13.1. The van der Waals surface area contributed by atoms with Crippen LogP contribution in [0.5, 0.6) is 5.75 Å². The second-order valence-corrected chi connectivity index (χ2v) is 6.32. The Labute approximate surface area is 139 Å². The second-order valence-electron chi connectivity index (χ2n) is 5.30. The molecular weight excluding hydrogens is 306 g/mol. The molecule has 1 heterocycles. The van der Waals surface area contributed by atoms with Crippen molar-refractivity contribution in [3.05, 3.63) is 65.7 Å². The lowest BCUT2D eigenvalue weighted by molar-refractivity contribution is -0.395. The summed E-state index contributed by atoms with van der Waals surface area (Å²) in [5, 5.41) is 2.21. The smallest absolute Gasteiger partial charge is 0.239 e. The van der Waals surface area contributed by atoms with Crippen molar-refractivity contribution in [2.75, 3.05) is 12.9 Å². The predicted molar refractivity (Wildman–Crippen MR) is 93.3 cm³/mol. The van der Waals surface area contributed by atoms with Gasteiger partial charge in [-0.15, -0.1) is 0 Å². The number of fused-ring (bicyclic) bond motifs is 1. The average molecular weight is 324 g/mol. The average Bonchev–Trinajstić information content (AvgIpc) is 2.60. The van der Waals surface area contributed by atoms with E-state index in [4.69, 9.17) is 4.74 Å². The minimum absolute atomic E-state index is 0.108. The first-order chi connectivity index (χ1) is 11.2. The summed E-state index contributed by atoms with van der Waals surface area (Å²) in [6.45, 7) is 2.09. The number of carbonyl (C=O) groups excluding carboxylic acids is 1. The van der Waals surface area contributed by atoms with Crippen LogP contribution in [0.15, 0.2) is 59.6 Å². The van der Waals surface area contributed by atoms with Gasteiger partial charge in [-0.25, -0.2) is 0 Å². The van der Waals surface area contributed by atoms with E-state index >= 15 is 0 Å². The Balaban J connectivity index is 1.73. The quantitative estimate of drug-likeness (QED) is 0.527. The molecule has 3 rings (SSSR count). The first-order valence-corrected chi connectivity index (χ1v) is 8.37. The van der Waals surface area contributed by atoms with Crippen LogP contribution in [-0.4, -0.2) is 18.6 Å². The molecule has 0 saturated heterocycles. The van der Waals surface area contributed by atoms with E-state index in [9.17, 15) is 4.79 Å². The molecule has 0 atom stereocenters. The van der Waals surface area contributed by atoms with Crippen molar-refractivity contribution in [3.63, 3.8) is 0 Å². The normalized spacial score (nSPS) is 10.7. The zero-order chi connectivity index (χ0) is 16.2. The number of ketones is 1.